The van der Waals surface area contributed by atoms with Crippen molar-refractivity contribution in [3.63, 3.8) is 0 Å². The van der Waals surface area contributed by atoms with E-state index in [1.54, 1.807) is 12.2 Å². The molecule has 11 heteroatoms. The summed E-state index contributed by atoms with van der Waals surface area (Å²) in [5.41, 5.74) is 0.582. The minimum atomic E-state index is -0.548. The molecule has 79 heavy (non-hydrogen) atoms. The van der Waals surface area contributed by atoms with Gasteiger partial charge < -0.3 is 38.1 Å². The molecular formula is C68H123NO10. The van der Waals surface area contributed by atoms with Gasteiger partial charge >= 0.3 is 17.9 Å². The molecule has 0 N–H and O–H groups in total. The summed E-state index contributed by atoms with van der Waals surface area (Å²) in [5, 5.41) is 0. The second-order valence-corrected chi connectivity index (χ2v) is 24.8. The third-order valence-electron chi connectivity index (χ3n) is 17.8. The van der Waals surface area contributed by atoms with E-state index in [9.17, 15) is 14.4 Å². The molecular weight excluding hydrogens is 991 g/mol. The van der Waals surface area contributed by atoms with E-state index in [0.29, 0.717) is 58.6 Å². The molecule has 4 bridgehead atoms. The van der Waals surface area contributed by atoms with Gasteiger partial charge in [-0.1, -0.05) is 170 Å². The highest BCUT2D eigenvalue weighted by Gasteiger charge is 2.58. The Morgan fingerprint density at radius 3 is 1.14 bits per heavy atom. The fourth-order valence-electron chi connectivity index (χ4n) is 13.8. The lowest BCUT2D eigenvalue weighted by atomic mass is 9.49. The molecule has 0 aromatic carbocycles. The van der Waals surface area contributed by atoms with Gasteiger partial charge in [0.25, 0.3) is 0 Å². The molecule has 0 aliphatic heterocycles. The van der Waals surface area contributed by atoms with Gasteiger partial charge in [-0.05, 0) is 170 Å². The second kappa shape index (κ2) is 45.2. The molecule has 4 saturated carbocycles. The highest BCUT2D eigenvalue weighted by Crippen LogP contribution is 2.69. The van der Waals surface area contributed by atoms with E-state index in [1.165, 1.54) is 160 Å². The maximum Gasteiger partial charge on any atom is 0.330 e. The van der Waals surface area contributed by atoms with Crippen LogP contribution in [-0.4, -0.2) is 101 Å². The number of rotatable bonds is 54. The van der Waals surface area contributed by atoms with E-state index in [-0.39, 0.29) is 34.2 Å². The molecule has 4 unspecified atom stereocenters. The molecule has 0 radical (unpaired) electrons. The molecule has 0 heterocycles. The molecule has 11 nitrogen and oxygen atoms in total. The Hall–Kier alpha value is -2.31. The normalized spacial score (nSPS) is 20.9. The van der Waals surface area contributed by atoms with E-state index < -0.39 is 12.6 Å². The first-order valence-corrected chi connectivity index (χ1v) is 33.6. The van der Waals surface area contributed by atoms with Crippen molar-refractivity contribution in [2.75, 3.05) is 65.9 Å². The Balaban J connectivity index is 1.61. The van der Waals surface area contributed by atoms with Gasteiger partial charge in [-0.25, -0.2) is 9.59 Å². The molecule has 4 fully saturated rings. The fourth-order valence-corrected chi connectivity index (χ4v) is 13.8. The topological polar surface area (TPSA) is 119 Å². The molecule has 0 aromatic rings. The number of ether oxygens (including phenoxy) is 7. The van der Waals surface area contributed by atoms with Crippen LogP contribution in [0.4, 0.5) is 0 Å². The van der Waals surface area contributed by atoms with E-state index in [4.69, 9.17) is 33.2 Å². The van der Waals surface area contributed by atoms with Gasteiger partial charge in [0, 0.05) is 18.6 Å². The zero-order chi connectivity index (χ0) is 57.0. The van der Waals surface area contributed by atoms with E-state index >= 15 is 0 Å². The first kappa shape index (κ1) is 71.0. The van der Waals surface area contributed by atoms with Gasteiger partial charge in [-0.15, -0.1) is 0 Å². The molecule has 0 aromatic heterocycles. The monoisotopic (exact) mass is 1110 g/mol. The molecule has 4 aliphatic rings. The fraction of sp³-hybridized carbons (Fsp3) is 0.897. The number of hydrogen-bond acceptors (Lipinski definition) is 11. The third kappa shape index (κ3) is 32.9. The van der Waals surface area contributed by atoms with Gasteiger partial charge in [-0.3, -0.25) is 4.79 Å². The van der Waals surface area contributed by atoms with Crippen LogP contribution in [0.1, 0.15) is 292 Å². The van der Waals surface area contributed by atoms with Crippen LogP contribution in [0, 0.1) is 22.2 Å². The summed E-state index contributed by atoms with van der Waals surface area (Å²) in [4.78, 5) is 41.6. The lowest BCUT2D eigenvalue weighted by molar-refractivity contribution is -0.144. The summed E-state index contributed by atoms with van der Waals surface area (Å²) < 4.78 is 42.3. The largest absolute Gasteiger partial charge is 0.466 e. The number of carbonyl (C=O) groups excluding carboxylic acids is 3. The van der Waals surface area contributed by atoms with E-state index in [0.717, 1.165) is 116 Å². The number of esters is 3. The maximum absolute atomic E-state index is 13.2. The van der Waals surface area contributed by atoms with Crippen LogP contribution in [-0.2, 0) is 47.5 Å². The zero-order valence-electron chi connectivity index (χ0n) is 52.2. The molecule has 4 atom stereocenters. The summed E-state index contributed by atoms with van der Waals surface area (Å²) in [6.07, 6.45) is 49.5. The van der Waals surface area contributed by atoms with Crippen LogP contribution < -0.4 is 0 Å². The minimum absolute atomic E-state index is 0.0734. The number of nitrogens with zero attached hydrogens (tertiary/aromatic N) is 1. The summed E-state index contributed by atoms with van der Waals surface area (Å²) >= 11 is 0. The SMILES string of the molecule is CCCCCCCCOC(/C=C\C(=O)OCCCC12CCC3(CCCOC(=O)CCCN(CC)CC)CC(C1)CC(CCCOC(=O)/C=C\C(OCCCCCCCC)OCCCCCCCC)(C2)C3)OCCCCCCCC. The summed E-state index contributed by atoms with van der Waals surface area (Å²) in [7, 11) is 0. The Labute approximate surface area is 485 Å². The predicted octanol–water partition coefficient (Wildman–Crippen LogP) is 17.7. The van der Waals surface area contributed by atoms with Crippen molar-refractivity contribution in [3.8, 4) is 0 Å². The van der Waals surface area contributed by atoms with Crippen LogP contribution in [0.25, 0.3) is 0 Å². The quantitative estimate of drug-likeness (QED) is 0.0190. The van der Waals surface area contributed by atoms with Gasteiger partial charge in [0.1, 0.15) is 0 Å². The van der Waals surface area contributed by atoms with Crippen molar-refractivity contribution in [2.24, 2.45) is 22.2 Å². The summed E-state index contributed by atoms with van der Waals surface area (Å²) in [6.45, 7) is 20.0. The standard InChI is InChI=1S/C68H123NO10/c1-7-13-17-21-25-29-48-76-64(77-49-30-26-22-18-14-8-2)40-38-62(71)74-53-35-43-67-46-45-66(42-34-52-73-61(70)37-33-47-69(11-5)12-6)55-60(56-67)57-68(58-66,59-67)44-36-54-75-63(72)39-41-65(78-50-31-27-23-19-15-9-3)79-51-32-28-24-20-16-10-4/h38-41,60,64-65H,7-37,42-59H2,1-6H3/b40-38-,41-39-. The van der Waals surface area contributed by atoms with Crippen LogP contribution in [0.3, 0.4) is 0 Å². The highest BCUT2D eigenvalue weighted by molar-refractivity contribution is 5.82. The molecule has 0 amide bonds. The van der Waals surface area contributed by atoms with Gasteiger partial charge in [-0.2, -0.15) is 0 Å². The Bertz CT molecular complexity index is 1550. The molecule has 4 rings (SSSR count). The Morgan fingerprint density at radius 2 is 0.759 bits per heavy atom. The Morgan fingerprint density at radius 1 is 0.418 bits per heavy atom. The van der Waals surface area contributed by atoms with Gasteiger partial charge in [0.2, 0.25) is 0 Å². The minimum Gasteiger partial charge on any atom is -0.466 e. The highest BCUT2D eigenvalue weighted by atomic mass is 16.7. The lowest BCUT2D eigenvalue weighted by Crippen LogP contribution is -2.45. The van der Waals surface area contributed by atoms with Crippen molar-refractivity contribution in [1.82, 2.24) is 4.90 Å². The summed E-state index contributed by atoms with van der Waals surface area (Å²) in [5.74, 6) is -0.107. The first-order chi connectivity index (χ1) is 38.6. The molecule has 0 spiro atoms. The van der Waals surface area contributed by atoms with Crippen LogP contribution in [0.5, 0.6) is 0 Å². The Kier molecular flexibility index (Phi) is 40.6. The second-order valence-electron chi connectivity index (χ2n) is 24.8. The van der Waals surface area contributed by atoms with Crippen LogP contribution >= 0.6 is 0 Å². The average molecular weight is 1110 g/mol. The summed E-state index contributed by atoms with van der Waals surface area (Å²) in [6, 6.07) is 0. The molecule has 4 aliphatic carbocycles. The number of fused-ring (bicyclic) bond motifs is 1. The third-order valence-corrected chi connectivity index (χ3v) is 17.8. The number of carbonyl (C=O) groups is 3. The van der Waals surface area contributed by atoms with Gasteiger partial charge in [0.05, 0.1) is 46.2 Å². The van der Waals surface area contributed by atoms with Crippen molar-refractivity contribution in [2.45, 2.75) is 305 Å². The molecule has 460 valence electrons. The maximum atomic E-state index is 13.2. The van der Waals surface area contributed by atoms with E-state index in [2.05, 4.69) is 46.4 Å². The predicted molar refractivity (Wildman–Crippen MR) is 324 cm³/mol. The zero-order valence-corrected chi connectivity index (χ0v) is 52.2. The van der Waals surface area contributed by atoms with Crippen molar-refractivity contribution >= 4 is 17.9 Å². The lowest BCUT2D eigenvalue weighted by Gasteiger charge is -2.56. The van der Waals surface area contributed by atoms with Crippen molar-refractivity contribution in [3.05, 3.63) is 24.3 Å². The average Bonchev–Trinajstić information content (AvgIpc) is 3.89. The van der Waals surface area contributed by atoms with Crippen LogP contribution in [0.15, 0.2) is 24.3 Å². The number of hydrogen-bond donors (Lipinski definition) is 0. The van der Waals surface area contributed by atoms with E-state index in [1.807, 2.05) is 0 Å². The van der Waals surface area contributed by atoms with Crippen molar-refractivity contribution < 1.29 is 47.5 Å². The van der Waals surface area contributed by atoms with Crippen molar-refractivity contribution in [1.29, 1.82) is 0 Å². The smallest absolute Gasteiger partial charge is 0.330 e. The van der Waals surface area contributed by atoms with Crippen LogP contribution in [0.2, 0.25) is 0 Å². The number of unbranched alkanes of at least 4 members (excludes halogenated alkanes) is 20. The molecule has 0 saturated heterocycles. The first-order valence-electron chi connectivity index (χ1n) is 33.6. The van der Waals surface area contributed by atoms with Gasteiger partial charge in [0.15, 0.2) is 12.6 Å².